The van der Waals surface area contributed by atoms with Crippen LogP contribution in [0.2, 0.25) is 0 Å². The number of carbonyl (C=O) groups excluding carboxylic acids is 1. The normalized spacial score (nSPS) is 21.6. The molecule has 1 atom stereocenters. The van der Waals surface area contributed by atoms with Gasteiger partial charge in [0.15, 0.2) is 11.6 Å². The Kier molecular flexibility index (Phi) is 2.32. The molecule has 1 aliphatic carbocycles. The van der Waals surface area contributed by atoms with E-state index >= 15 is 0 Å². The highest BCUT2D eigenvalue weighted by Crippen LogP contribution is 2.33. The lowest BCUT2D eigenvalue weighted by Crippen LogP contribution is -2.07. The Morgan fingerprint density at radius 1 is 1.29 bits per heavy atom. The Balaban J connectivity index is 2.41. The molecule has 74 valence electrons. The van der Waals surface area contributed by atoms with Crippen LogP contribution in [0.5, 0.6) is 0 Å². The van der Waals surface area contributed by atoms with Gasteiger partial charge < -0.3 is 0 Å². The fourth-order valence-electron chi connectivity index (χ4n) is 1.93. The van der Waals surface area contributed by atoms with Crippen molar-refractivity contribution in [2.45, 2.75) is 25.2 Å². The van der Waals surface area contributed by atoms with E-state index in [1.165, 1.54) is 12.1 Å². The van der Waals surface area contributed by atoms with Crippen molar-refractivity contribution in [2.24, 2.45) is 0 Å². The highest BCUT2D eigenvalue weighted by Gasteiger charge is 2.28. The van der Waals surface area contributed by atoms with E-state index in [2.05, 4.69) is 0 Å². The quantitative estimate of drug-likeness (QED) is 0.675. The van der Waals surface area contributed by atoms with Crippen molar-refractivity contribution in [3.8, 4) is 0 Å². The van der Waals surface area contributed by atoms with E-state index in [-0.39, 0.29) is 11.3 Å². The third-order valence-electron chi connectivity index (χ3n) is 2.66. The van der Waals surface area contributed by atoms with Crippen molar-refractivity contribution >= 4 is 5.78 Å². The van der Waals surface area contributed by atoms with Crippen LogP contribution in [0.3, 0.4) is 0 Å². The molecule has 0 heterocycles. The Labute approximate surface area is 80.7 Å². The van der Waals surface area contributed by atoms with E-state index in [1.807, 2.05) is 0 Å². The first-order valence-electron chi connectivity index (χ1n) is 4.67. The average Bonchev–Trinajstić information content (AvgIpc) is 2.57. The van der Waals surface area contributed by atoms with E-state index in [0.29, 0.717) is 12.8 Å². The van der Waals surface area contributed by atoms with E-state index < -0.39 is 17.6 Å². The minimum absolute atomic E-state index is 0.0227. The minimum atomic E-state index is -0.873. The van der Waals surface area contributed by atoms with E-state index in [4.69, 9.17) is 0 Å². The summed E-state index contributed by atoms with van der Waals surface area (Å²) in [5.74, 6) is -2.14. The fourth-order valence-corrected chi connectivity index (χ4v) is 1.93. The number of benzene rings is 1. The van der Waals surface area contributed by atoms with Crippen LogP contribution in [-0.4, -0.2) is 5.78 Å². The van der Waals surface area contributed by atoms with Crippen molar-refractivity contribution < 1.29 is 13.6 Å². The first kappa shape index (κ1) is 9.31. The van der Waals surface area contributed by atoms with Crippen LogP contribution in [-0.2, 0) is 4.79 Å². The number of rotatable bonds is 1. The first-order valence-corrected chi connectivity index (χ1v) is 4.67. The van der Waals surface area contributed by atoms with Crippen LogP contribution in [0.1, 0.15) is 30.7 Å². The molecule has 1 fully saturated rings. The molecule has 0 spiro atoms. The van der Waals surface area contributed by atoms with Crippen LogP contribution in [0.25, 0.3) is 0 Å². The third kappa shape index (κ3) is 1.43. The number of hydrogen-bond acceptors (Lipinski definition) is 1. The first-order chi connectivity index (χ1) is 6.70. The van der Waals surface area contributed by atoms with Gasteiger partial charge in [0.1, 0.15) is 5.78 Å². The molecule has 1 unspecified atom stereocenters. The van der Waals surface area contributed by atoms with Gasteiger partial charge in [-0.2, -0.15) is 0 Å². The summed E-state index contributed by atoms with van der Waals surface area (Å²) in [6, 6.07) is 4.00. The van der Waals surface area contributed by atoms with Gasteiger partial charge in [0.2, 0.25) is 0 Å². The molecule has 0 N–H and O–H groups in total. The van der Waals surface area contributed by atoms with Gasteiger partial charge in [-0.25, -0.2) is 8.78 Å². The SMILES string of the molecule is O=C1CCCC1c1cccc(F)c1F. The fraction of sp³-hybridized carbons (Fsp3) is 0.364. The van der Waals surface area contributed by atoms with Crippen molar-refractivity contribution in [1.82, 2.24) is 0 Å². The van der Waals surface area contributed by atoms with E-state index in [0.717, 1.165) is 12.5 Å². The molecule has 0 amide bonds. The molecule has 1 aromatic carbocycles. The van der Waals surface area contributed by atoms with Gasteiger partial charge in [0.05, 0.1) is 0 Å². The van der Waals surface area contributed by atoms with Crippen molar-refractivity contribution in [1.29, 1.82) is 0 Å². The van der Waals surface area contributed by atoms with E-state index in [1.54, 1.807) is 0 Å². The Hall–Kier alpha value is -1.25. The zero-order valence-corrected chi connectivity index (χ0v) is 7.59. The van der Waals surface area contributed by atoms with Crippen molar-refractivity contribution in [3.05, 3.63) is 35.4 Å². The summed E-state index contributed by atoms with van der Waals surface area (Å²) in [5.41, 5.74) is 0.215. The van der Waals surface area contributed by atoms with Gasteiger partial charge in [-0.1, -0.05) is 12.1 Å². The van der Waals surface area contributed by atoms with Crippen LogP contribution in [0.4, 0.5) is 8.78 Å². The molecule has 0 saturated heterocycles. The lowest BCUT2D eigenvalue weighted by molar-refractivity contribution is -0.118. The third-order valence-corrected chi connectivity index (χ3v) is 2.66. The summed E-state index contributed by atoms with van der Waals surface area (Å²) in [4.78, 5) is 11.3. The molecule has 3 heteroatoms. The van der Waals surface area contributed by atoms with Crippen molar-refractivity contribution in [2.75, 3.05) is 0 Å². The highest BCUT2D eigenvalue weighted by atomic mass is 19.2. The summed E-state index contributed by atoms with van der Waals surface area (Å²) in [6.07, 6.45) is 1.90. The van der Waals surface area contributed by atoms with Crippen LogP contribution in [0, 0.1) is 11.6 Å². The predicted octanol–water partition coefficient (Wildman–Crippen LogP) is 2.80. The number of Topliss-reactive ketones (excluding diaryl/α,β-unsaturated/α-hetero) is 1. The van der Waals surface area contributed by atoms with Gasteiger partial charge in [-0.05, 0) is 18.9 Å². The second kappa shape index (κ2) is 3.48. The second-order valence-electron chi connectivity index (χ2n) is 3.55. The molecule has 0 aromatic heterocycles. The molecule has 2 rings (SSSR count). The lowest BCUT2D eigenvalue weighted by Gasteiger charge is -2.09. The maximum Gasteiger partial charge on any atom is 0.162 e. The van der Waals surface area contributed by atoms with E-state index in [9.17, 15) is 13.6 Å². The zero-order chi connectivity index (χ0) is 10.1. The van der Waals surface area contributed by atoms with Crippen LogP contribution < -0.4 is 0 Å². The summed E-state index contributed by atoms with van der Waals surface area (Å²) >= 11 is 0. The summed E-state index contributed by atoms with van der Waals surface area (Å²) < 4.78 is 26.2. The molecule has 14 heavy (non-hydrogen) atoms. The molecule has 1 nitrogen and oxygen atoms in total. The second-order valence-corrected chi connectivity index (χ2v) is 3.55. The number of carbonyl (C=O) groups is 1. The van der Waals surface area contributed by atoms with Gasteiger partial charge >= 0.3 is 0 Å². The van der Waals surface area contributed by atoms with Gasteiger partial charge in [0, 0.05) is 17.9 Å². The minimum Gasteiger partial charge on any atom is -0.299 e. The highest BCUT2D eigenvalue weighted by molar-refractivity contribution is 5.87. The van der Waals surface area contributed by atoms with Gasteiger partial charge in [0.25, 0.3) is 0 Å². The zero-order valence-electron chi connectivity index (χ0n) is 7.59. The van der Waals surface area contributed by atoms with Gasteiger partial charge in [-0.3, -0.25) is 4.79 Å². The maximum absolute atomic E-state index is 13.3. The maximum atomic E-state index is 13.3. The number of ketones is 1. The Bertz CT molecular complexity index is 374. The Morgan fingerprint density at radius 2 is 2.07 bits per heavy atom. The van der Waals surface area contributed by atoms with Crippen LogP contribution in [0.15, 0.2) is 18.2 Å². The smallest absolute Gasteiger partial charge is 0.162 e. The molecule has 0 bridgehead atoms. The standard InChI is InChI=1S/C11H10F2O/c12-9-5-1-4-8(11(9)13)7-3-2-6-10(7)14/h1,4-5,7H,2-3,6H2. The molecule has 0 radical (unpaired) electrons. The lowest BCUT2D eigenvalue weighted by atomic mass is 9.96. The van der Waals surface area contributed by atoms with Gasteiger partial charge in [-0.15, -0.1) is 0 Å². The molecule has 1 aliphatic rings. The molecule has 1 aromatic rings. The van der Waals surface area contributed by atoms with Crippen molar-refractivity contribution in [3.63, 3.8) is 0 Å². The predicted molar refractivity (Wildman–Crippen MR) is 48.0 cm³/mol. The topological polar surface area (TPSA) is 17.1 Å². The summed E-state index contributed by atoms with van der Waals surface area (Å²) in [7, 11) is 0. The molecule has 1 saturated carbocycles. The largest absolute Gasteiger partial charge is 0.299 e. The molecule has 0 aliphatic heterocycles. The molecular weight excluding hydrogens is 186 g/mol. The number of hydrogen-bond donors (Lipinski definition) is 0. The van der Waals surface area contributed by atoms with Crippen LogP contribution >= 0.6 is 0 Å². The molecular formula is C11H10F2O. The monoisotopic (exact) mass is 196 g/mol. The summed E-state index contributed by atoms with van der Waals surface area (Å²) in [5, 5.41) is 0. The average molecular weight is 196 g/mol. The summed E-state index contributed by atoms with van der Waals surface area (Å²) in [6.45, 7) is 0. The number of halogens is 2. The Morgan fingerprint density at radius 3 is 2.71 bits per heavy atom.